The fraction of sp³-hybridized carbons (Fsp3) is 1.00. The highest BCUT2D eigenvalue weighted by molar-refractivity contribution is 4.55. The molecule has 11 heavy (non-hydrogen) atoms. The fourth-order valence-electron chi connectivity index (χ4n) is 0.790. The number of rotatable bonds is 7. The van der Waals surface area contributed by atoms with Gasteiger partial charge in [0.2, 0.25) is 0 Å². The lowest BCUT2D eigenvalue weighted by Gasteiger charge is -2.07. The second-order valence-electron chi connectivity index (χ2n) is 2.64. The molecule has 0 amide bonds. The molecule has 68 valence electrons. The SMILES string of the molecule is CCC(O)CCNCCCF. The maximum Gasteiger partial charge on any atom is 0.0906 e. The van der Waals surface area contributed by atoms with Crippen LogP contribution in [0.15, 0.2) is 0 Å². The molecular formula is C8H18FNO. The van der Waals surface area contributed by atoms with Gasteiger partial charge in [-0.3, -0.25) is 4.39 Å². The van der Waals surface area contributed by atoms with Crippen LogP contribution in [0.1, 0.15) is 26.2 Å². The van der Waals surface area contributed by atoms with Crippen LogP contribution in [0.5, 0.6) is 0 Å². The maximum absolute atomic E-state index is 11.6. The molecule has 0 aromatic heterocycles. The molecule has 1 atom stereocenters. The highest BCUT2D eigenvalue weighted by Gasteiger charge is 1.98. The Labute approximate surface area is 67.8 Å². The van der Waals surface area contributed by atoms with Crippen molar-refractivity contribution in [2.45, 2.75) is 32.3 Å². The van der Waals surface area contributed by atoms with Crippen molar-refractivity contribution in [2.75, 3.05) is 19.8 Å². The van der Waals surface area contributed by atoms with Crippen LogP contribution in [0.25, 0.3) is 0 Å². The molecule has 0 rings (SSSR count). The summed E-state index contributed by atoms with van der Waals surface area (Å²) in [6.07, 6.45) is 1.93. The quantitative estimate of drug-likeness (QED) is 0.551. The zero-order valence-corrected chi connectivity index (χ0v) is 7.15. The van der Waals surface area contributed by atoms with E-state index in [2.05, 4.69) is 5.32 Å². The molecule has 2 N–H and O–H groups in total. The zero-order valence-electron chi connectivity index (χ0n) is 7.15. The summed E-state index contributed by atoms with van der Waals surface area (Å²) in [6.45, 7) is 3.19. The third-order valence-corrected chi connectivity index (χ3v) is 1.61. The monoisotopic (exact) mass is 163 g/mol. The van der Waals surface area contributed by atoms with Crippen molar-refractivity contribution in [3.05, 3.63) is 0 Å². The molecule has 0 fully saturated rings. The molecule has 0 aliphatic rings. The average Bonchev–Trinajstić information content (AvgIpc) is 2.04. The van der Waals surface area contributed by atoms with Gasteiger partial charge in [0, 0.05) is 0 Å². The summed E-state index contributed by atoms with van der Waals surface area (Å²) in [5.74, 6) is 0. The average molecular weight is 163 g/mol. The third kappa shape index (κ3) is 7.75. The van der Waals surface area contributed by atoms with Crippen LogP contribution < -0.4 is 5.32 Å². The molecule has 0 aromatic carbocycles. The molecule has 0 radical (unpaired) electrons. The number of hydrogen-bond acceptors (Lipinski definition) is 2. The van der Waals surface area contributed by atoms with E-state index in [9.17, 15) is 4.39 Å². The van der Waals surface area contributed by atoms with Gasteiger partial charge in [0.15, 0.2) is 0 Å². The molecular weight excluding hydrogens is 145 g/mol. The first-order valence-electron chi connectivity index (χ1n) is 4.26. The van der Waals surface area contributed by atoms with E-state index in [1.807, 2.05) is 6.92 Å². The minimum Gasteiger partial charge on any atom is -0.393 e. The van der Waals surface area contributed by atoms with E-state index in [1.165, 1.54) is 0 Å². The Morgan fingerprint density at radius 1 is 1.45 bits per heavy atom. The lowest BCUT2D eigenvalue weighted by atomic mass is 10.2. The molecule has 0 spiro atoms. The summed E-state index contributed by atoms with van der Waals surface area (Å²) in [6, 6.07) is 0. The molecule has 2 nitrogen and oxygen atoms in total. The first-order valence-corrected chi connectivity index (χ1v) is 4.26. The van der Waals surface area contributed by atoms with Crippen LogP contribution in [-0.4, -0.2) is 31.0 Å². The van der Waals surface area contributed by atoms with E-state index in [1.54, 1.807) is 0 Å². The van der Waals surface area contributed by atoms with Gasteiger partial charge in [0.05, 0.1) is 12.8 Å². The van der Waals surface area contributed by atoms with Crippen molar-refractivity contribution in [1.82, 2.24) is 5.32 Å². The van der Waals surface area contributed by atoms with E-state index in [0.29, 0.717) is 13.0 Å². The second kappa shape index (κ2) is 7.95. The van der Waals surface area contributed by atoms with Gasteiger partial charge in [-0.25, -0.2) is 0 Å². The molecule has 0 saturated heterocycles. The largest absolute Gasteiger partial charge is 0.393 e. The Bertz CT molecular complexity index is 80.5. The Morgan fingerprint density at radius 3 is 2.73 bits per heavy atom. The highest BCUT2D eigenvalue weighted by Crippen LogP contribution is 1.93. The number of alkyl halides is 1. The molecule has 0 aromatic rings. The van der Waals surface area contributed by atoms with Crippen LogP contribution in [0.3, 0.4) is 0 Å². The predicted octanol–water partition coefficient (Wildman–Crippen LogP) is 1.10. The number of aliphatic hydroxyl groups is 1. The molecule has 0 aliphatic carbocycles. The third-order valence-electron chi connectivity index (χ3n) is 1.61. The smallest absolute Gasteiger partial charge is 0.0906 e. The Hall–Kier alpha value is -0.150. The van der Waals surface area contributed by atoms with Crippen LogP contribution in [0.4, 0.5) is 4.39 Å². The summed E-state index contributed by atoms with van der Waals surface area (Å²) < 4.78 is 11.6. The van der Waals surface area contributed by atoms with Crippen LogP contribution in [0, 0.1) is 0 Å². The van der Waals surface area contributed by atoms with Crippen molar-refractivity contribution in [3.63, 3.8) is 0 Å². The van der Waals surface area contributed by atoms with Gasteiger partial charge >= 0.3 is 0 Å². The lowest BCUT2D eigenvalue weighted by Crippen LogP contribution is -2.21. The summed E-state index contributed by atoms with van der Waals surface area (Å²) in [4.78, 5) is 0. The van der Waals surface area contributed by atoms with Gasteiger partial charge in [0.25, 0.3) is 0 Å². The highest BCUT2D eigenvalue weighted by atomic mass is 19.1. The molecule has 0 bridgehead atoms. The topological polar surface area (TPSA) is 32.3 Å². The van der Waals surface area contributed by atoms with Gasteiger partial charge in [-0.05, 0) is 32.4 Å². The summed E-state index contributed by atoms with van der Waals surface area (Å²) >= 11 is 0. The van der Waals surface area contributed by atoms with E-state index in [-0.39, 0.29) is 12.8 Å². The van der Waals surface area contributed by atoms with Crippen LogP contribution in [-0.2, 0) is 0 Å². The molecule has 1 unspecified atom stereocenters. The number of halogens is 1. The first kappa shape index (κ1) is 10.8. The molecule has 0 heterocycles. The van der Waals surface area contributed by atoms with Gasteiger partial charge in [-0.2, -0.15) is 0 Å². The van der Waals surface area contributed by atoms with Crippen molar-refractivity contribution < 1.29 is 9.50 Å². The summed E-state index contributed by atoms with van der Waals surface area (Å²) in [7, 11) is 0. The molecule has 3 heteroatoms. The van der Waals surface area contributed by atoms with Crippen LogP contribution in [0.2, 0.25) is 0 Å². The van der Waals surface area contributed by atoms with Gasteiger partial charge < -0.3 is 10.4 Å². The fourth-order valence-corrected chi connectivity index (χ4v) is 0.790. The van der Waals surface area contributed by atoms with E-state index in [4.69, 9.17) is 5.11 Å². The zero-order chi connectivity index (χ0) is 8.53. The van der Waals surface area contributed by atoms with Gasteiger partial charge in [-0.1, -0.05) is 6.92 Å². The van der Waals surface area contributed by atoms with Gasteiger partial charge in [-0.15, -0.1) is 0 Å². The van der Waals surface area contributed by atoms with Gasteiger partial charge in [0.1, 0.15) is 0 Å². The van der Waals surface area contributed by atoms with E-state index >= 15 is 0 Å². The van der Waals surface area contributed by atoms with Crippen molar-refractivity contribution >= 4 is 0 Å². The lowest BCUT2D eigenvalue weighted by molar-refractivity contribution is 0.160. The summed E-state index contributed by atoms with van der Waals surface area (Å²) in [5, 5.41) is 12.2. The van der Waals surface area contributed by atoms with E-state index < -0.39 is 0 Å². The van der Waals surface area contributed by atoms with E-state index in [0.717, 1.165) is 19.4 Å². The maximum atomic E-state index is 11.6. The van der Waals surface area contributed by atoms with Crippen molar-refractivity contribution in [1.29, 1.82) is 0 Å². The Kier molecular flexibility index (Phi) is 7.84. The minimum absolute atomic E-state index is 0.201. The Morgan fingerprint density at radius 2 is 2.18 bits per heavy atom. The second-order valence-corrected chi connectivity index (χ2v) is 2.64. The van der Waals surface area contributed by atoms with Crippen LogP contribution >= 0.6 is 0 Å². The minimum atomic E-state index is -0.261. The number of nitrogens with one attached hydrogen (secondary N) is 1. The molecule has 0 saturated carbocycles. The first-order chi connectivity index (χ1) is 5.31. The number of hydrogen-bond donors (Lipinski definition) is 2. The number of aliphatic hydroxyl groups excluding tert-OH is 1. The summed E-state index contributed by atoms with van der Waals surface area (Å²) in [5.41, 5.74) is 0. The Balaban J connectivity index is 2.89. The van der Waals surface area contributed by atoms with Crippen molar-refractivity contribution in [2.24, 2.45) is 0 Å². The molecule has 0 aliphatic heterocycles. The standard InChI is InChI=1S/C8H18FNO/c1-2-8(11)4-7-10-6-3-5-9/h8,10-11H,2-7H2,1H3. The normalized spacial score (nSPS) is 13.4. The van der Waals surface area contributed by atoms with Crippen molar-refractivity contribution in [3.8, 4) is 0 Å². The predicted molar refractivity (Wildman–Crippen MR) is 44.4 cm³/mol.